The SMILES string of the molecule is Cc1ccc(CC(Br)c2cc(F)c(Cl)cc2F)nc1. The maximum atomic E-state index is 13.7. The zero-order chi connectivity index (χ0) is 14.0. The van der Waals surface area contributed by atoms with Crippen LogP contribution in [0, 0.1) is 18.6 Å². The van der Waals surface area contributed by atoms with E-state index < -0.39 is 11.6 Å². The molecule has 0 aliphatic carbocycles. The van der Waals surface area contributed by atoms with Crippen LogP contribution in [0.15, 0.2) is 30.5 Å². The highest BCUT2D eigenvalue weighted by Gasteiger charge is 2.17. The average molecular weight is 347 g/mol. The standard InChI is InChI=1S/C14H11BrClF2N/c1-8-2-3-9(19-7-8)4-11(15)10-5-14(18)12(16)6-13(10)17/h2-3,5-7,11H,4H2,1H3. The first-order chi connectivity index (χ1) is 8.97. The molecule has 0 radical (unpaired) electrons. The maximum Gasteiger partial charge on any atom is 0.142 e. The Kier molecular flexibility index (Phi) is 4.53. The van der Waals surface area contributed by atoms with Crippen molar-refractivity contribution < 1.29 is 8.78 Å². The Hall–Kier alpha value is -1.00. The lowest BCUT2D eigenvalue weighted by atomic mass is 10.1. The summed E-state index contributed by atoms with van der Waals surface area (Å²) < 4.78 is 27.1. The highest BCUT2D eigenvalue weighted by molar-refractivity contribution is 9.09. The van der Waals surface area contributed by atoms with Crippen LogP contribution < -0.4 is 0 Å². The molecule has 0 spiro atoms. The lowest BCUT2D eigenvalue weighted by molar-refractivity contribution is 0.583. The molecule has 1 atom stereocenters. The van der Waals surface area contributed by atoms with Crippen molar-refractivity contribution in [3.8, 4) is 0 Å². The normalized spacial score (nSPS) is 12.5. The highest BCUT2D eigenvalue weighted by Crippen LogP contribution is 2.31. The molecule has 2 aromatic rings. The van der Waals surface area contributed by atoms with E-state index in [0.29, 0.717) is 6.42 Å². The van der Waals surface area contributed by atoms with Crippen LogP contribution in [0.3, 0.4) is 0 Å². The summed E-state index contributed by atoms with van der Waals surface area (Å²) in [7, 11) is 0. The van der Waals surface area contributed by atoms with Crippen LogP contribution in [0.2, 0.25) is 5.02 Å². The quantitative estimate of drug-likeness (QED) is 0.563. The summed E-state index contributed by atoms with van der Waals surface area (Å²) in [6.07, 6.45) is 2.21. The zero-order valence-electron chi connectivity index (χ0n) is 10.1. The fraction of sp³-hybridized carbons (Fsp3) is 0.214. The van der Waals surface area contributed by atoms with Gasteiger partial charge in [-0.15, -0.1) is 0 Å². The lowest BCUT2D eigenvalue weighted by Gasteiger charge is -2.12. The van der Waals surface area contributed by atoms with Crippen molar-refractivity contribution in [2.45, 2.75) is 18.2 Å². The predicted octanol–water partition coefficient (Wildman–Crippen LogP) is 5.00. The van der Waals surface area contributed by atoms with Gasteiger partial charge in [-0.25, -0.2) is 8.78 Å². The number of benzene rings is 1. The van der Waals surface area contributed by atoms with Crippen LogP contribution in [0.5, 0.6) is 0 Å². The molecule has 100 valence electrons. The molecule has 0 fully saturated rings. The van der Waals surface area contributed by atoms with Crippen LogP contribution in [-0.2, 0) is 6.42 Å². The monoisotopic (exact) mass is 345 g/mol. The van der Waals surface area contributed by atoms with Crippen molar-refractivity contribution in [3.63, 3.8) is 0 Å². The van der Waals surface area contributed by atoms with Crippen LogP contribution in [-0.4, -0.2) is 4.98 Å². The van der Waals surface area contributed by atoms with Gasteiger partial charge in [-0.2, -0.15) is 0 Å². The van der Waals surface area contributed by atoms with Gasteiger partial charge in [-0.3, -0.25) is 4.98 Å². The number of aryl methyl sites for hydroxylation is 1. The summed E-state index contributed by atoms with van der Waals surface area (Å²) in [5, 5.41) is -0.214. The highest BCUT2D eigenvalue weighted by atomic mass is 79.9. The van der Waals surface area contributed by atoms with E-state index in [4.69, 9.17) is 11.6 Å². The Morgan fingerprint density at radius 2 is 2.00 bits per heavy atom. The predicted molar refractivity (Wildman–Crippen MR) is 75.7 cm³/mol. The first-order valence-corrected chi connectivity index (χ1v) is 6.97. The molecule has 1 aromatic carbocycles. The molecule has 0 aliphatic rings. The molecule has 0 N–H and O–H groups in total. The number of alkyl halides is 1. The van der Waals surface area contributed by atoms with E-state index in [0.717, 1.165) is 23.4 Å². The molecule has 5 heteroatoms. The van der Waals surface area contributed by atoms with E-state index in [1.165, 1.54) is 0 Å². The van der Waals surface area contributed by atoms with E-state index in [1.807, 2.05) is 19.1 Å². The molecule has 1 aromatic heterocycles. The van der Waals surface area contributed by atoms with Gasteiger partial charge in [-0.05, 0) is 30.7 Å². The Morgan fingerprint density at radius 3 is 2.63 bits per heavy atom. The molecule has 0 bridgehead atoms. The Bertz CT molecular complexity index is 587. The van der Waals surface area contributed by atoms with E-state index in [-0.39, 0.29) is 15.4 Å². The number of hydrogen-bond donors (Lipinski definition) is 0. The minimum atomic E-state index is -0.626. The van der Waals surface area contributed by atoms with Gasteiger partial charge in [0.1, 0.15) is 11.6 Å². The third-order valence-corrected chi connectivity index (χ3v) is 3.84. The third-order valence-electron chi connectivity index (χ3n) is 2.74. The van der Waals surface area contributed by atoms with Crippen molar-refractivity contribution >= 4 is 27.5 Å². The number of halogens is 4. The average Bonchev–Trinajstić information content (AvgIpc) is 2.36. The molecule has 19 heavy (non-hydrogen) atoms. The second-order valence-corrected chi connectivity index (χ2v) is 5.80. The summed E-state index contributed by atoms with van der Waals surface area (Å²) >= 11 is 8.89. The topological polar surface area (TPSA) is 12.9 Å². The Balaban J connectivity index is 2.22. The van der Waals surface area contributed by atoms with Crippen LogP contribution in [0.1, 0.15) is 21.6 Å². The Morgan fingerprint density at radius 1 is 1.26 bits per heavy atom. The van der Waals surface area contributed by atoms with Crippen molar-refractivity contribution in [2.75, 3.05) is 0 Å². The molecule has 1 nitrogen and oxygen atoms in total. The number of nitrogens with zero attached hydrogens (tertiary/aromatic N) is 1. The summed E-state index contributed by atoms with van der Waals surface area (Å²) in [5.74, 6) is -1.15. The van der Waals surface area contributed by atoms with Gasteiger partial charge < -0.3 is 0 Å². The van der Waals surface area contributed by atoms with Crippen molar-refractivity contribution in [2.24, 2.45) is 0 Å². The number of pyridine rings is 1. The van der Waals surface area contributed by atoms with E-state index in [2.05, 4.69) is 20.9 Å². The second kappa shape index (κ2) is 5.97. The Labute approximate surface area is 123 Å². The zero-order valence-corrected chi connectivity index (χ0v) is 12.5. The summed E-state index contributed by atoms with van der Waals surface area (Å²) in [5.41, 5.74) is 2.10. The fourth-order valence-electron chi connectivity index (χ4n) is 1.69. The van der Waals surface area contributed by atoms with Crippen LogP contribution in [0.25, 0.3) is 0 Å². The summed E-state index contributed by atoms with van der Waals surface area (Å²) in [6.45, 7) is 1.94. The largest absolute Gasteiger partial charge is 0.261 e. The van der Waals surface area contributed by atoms with Gasteiger partial charge in [0.2, 0.25) is 0 Å². The molecule has 1 unspecified atom stereocenters. The molecular formula is C14H11BrClF2N. The molecule has 0 saturated carbocycles. The molecular weight excluding hydrogens is 336 g/mol. The molecule has 0 aliphatic heterocycles. The third kappa shape index (κ3) is 3.51. The van der Waals surface area contributed by atoms with Crippen molar-refractivity contribution in [1.29, 1.82) is 0 Å². The lowest BCUT2D eigenvalue weighted by Crippen LogP contribution is -2.01. The van der Waals surface area contributed by atoms with E-state index in [9.17, 15) is 8.78 Å². The minimum Gasteiger partial charge on any atom is -0.261 e. The maximum absolute atomic E-state index is 13.7. The van der Waals surface area contributed by atoms with Gasteiger partial charge in [0.25, 0.3) is 0 Å². The molecule has 1 heterocycles. The van der Waals surface area contributed by atoms with E-state index >= 15 is 0 Å². The second-order valence-electron chi connectivity index (χ2n) is 4.29. The van der Waals surface area contributed by atoms with Gasteiger partial charge in [0.05, 0.1) is 5.02 Å². The summed E-state index contributed by atoms with van der Waals surface area (Å²) in [4.78, 5) is 3.89. The molecule has 2 rings (SSSR count). The molecule has 0 amide bonds. The van der Waals surface area contributed by atoms with Gasteiger partial charge >= 0.3 is 0 Å². The van der Waals surface area contributed by atoms with Crippen LogP contribution in [0.4, 0.5) is 8.78 Å². The minimum absolute atomic E-state index is 0.214. The first kappa shape index (κ1) is 14.4. The fourth-order valence-corrected chi connectivity index (χ4v) is 2.52. The first-order valence-electron chi connectivity index (χ1n) is 5.67. The van der Waals surface area contributed by atoms with Gasteiger partial charge in [-0.1, -0.05) is 33.6 Å². The van der Waals surface area contributed by atoms with Gasteiger partial charge in [0.15, 0.2) is 0 Å². The van der Waals surface area contributed by atoms with Gasteiger partial charge in [0, 0.05) is 28.7 Å². The van der Waals surface area contributed by atoms with Crippen LogP contribution >= 0.6 is 27.5 Å². The number of aromatic nitrogens is 1. The van der Waals surface area contributed by atoms with Crippen molar-refractivity contribution in [3.05, 3.63) is 63.9 Å². The summed E-state index contributed by atoms with van der Waals surface area (Å²) in [6, 6.07) is 5.91. The molecule has 0 saturated heterocycles. The number of rotatable bonds is 3. The smallest absolute Gasteiger partial charge is 0.142 e. The van der Waals surface area contributed by atoms with E-state index in [1.54, 1.807) is 6.20 Å². The van der Waals surface area contributed by atoms with Crippen molar-refractivity contribution in [1.82, 2.24) is 4.98 Å². The number of hydrogen-bond acceptors (Lipinski definition) is 1.